The fourth-order valence-corrected chi connectivity index (χ4v) is 3.77. The zero-order valence-electron chi connectivity index (χ0n) is 13.7. The van der Waals surface area contributed by atoms with Gasteiger partial charge in [0, 0.05) is 5.56 Å². The summed E-state index contributed by atoms with van der Waals surface area (Å²) >= 11 is 6.74. The van der Waals surface area contributed by atoms with Crippen LogP contribution >= 0.6 is 24.0 Å². The van der Waals surface area contributed by atoms with Crippen LogP contribution in [-0.2, 0) is 4.79 Å². The molecular weight excluding hydrogens is 338 g/mol. The first kappa shape index (κ1) is 16.7. The predicted octanol–water partition coefficient (Wildman–Crippen LogP) is 4.72. The van der Waals surface area contributed by atoms with Gasteiger partial charge >= 0.3 is 0 Å². The van der Waals surface area contributed by atoms with Gasteiger partial charge in [-0.05, 0) is 49.2 Å². The molecule has 2 aromatic carbocycles. The second-order valence-corrected chi connectivity index (χ2v) is 7.20. The molecule has 1 saturated heterocycles. The van der Waals surface area contributed by atoms with Gasteiger partial charge in [0.05, 0.1) is 17.7 Å². The number of aryl methyl sites for hydroxylation is 2. The number of hydrogen-bond donors (Lipinski definition) is 0. The molecule has 0 saturated carbocycles. The third kappa shape index (κ3) is 3.09. The minimum absolute atomic E-state index is 0.0980. The maximum Gasteiger partial charge on any atom is 0.270 e. The first-order valence-corrected chi connectivity index (χ1v) is 8.72. The lowest BCUT2D eigenvalue weighted by Gasteiger charge is -2.16. The van der Waals surface area contributed by atoms with Crippen LogP contribution < -0.4 is 9.64 Å². The summed E-state index contributed by atoms with van der Waals surface area (Å²) in [4.78, 5) is 15.0. The molecule has 0 atom stereocenters. The minimum Gasteiger partial charge on any atom is -0.496 e. The number of benzene rings is 2. The number of methoxy groups -OCH3 is 1. The van der Waals surface area contributed by atoms with Crippen LogP contribution in [0.2, 0.25) is 0 Å². The fourth-order valence-electron chi connectivity index (χ4n) is 2.48. The molecule has 1 fully saturated rings. The summed E-state index contributed by atoms with van der Waals surface area (Å²) in [6.07, 6.45) is 1.83. The highest BCUT2D eigenvalue weighted by molar-refractivity contribution is 8.27. The molecule has 0 bridgehead atoms. The Kier molecular flexibility index (Phi) is 4.73. The van der Waals surface area contributed by atoms with Crippen molar-refractivity contribution in [1.82, 2.24) is 0 Å². The van der Waals surface area contributed by atoms with Crippen molar-refractivity contribution in [2.45, 2.75) is 13.8 Å². The number of thioether (sulfide) groups is 1. The number of amides is 1. The van der Waals surface area contributed by atoms with Crippen molar-refractivity contribution in [1.29, 1.82) is 0 Å². The van der Waals surface area contributed by atoms with E-state index in [9.17, 15) is 4.79 Å². The van der Waals surface area contributed by atoms with Crippen molar-refractivity contribution in [2.75, 3.05) is 12.0 Å². The van der Waals surface area contributed by atoms with Crippen LogP contribution in [0.1, 0.15) is 16.7 Å². The van der Waals surface area contributed by atoms with Gasteiger partial charge in [0.1, 0.15) is 5.75 Å². The van der Waals surface area contributed by atoms with Gasteiger partial charge < -0.3 is 4.74 Å². The number of carbonyl (C=O) groups is 1. The largest absolute Gasteiger partial charge is 0.496 e. The number of rotatable bonds is 3. The van der Waals surface area contributed by atoms with Crippen molar-refractivity contribution < 1.29 is 9.53 Å². The molecule has 1 heterocycles. The molecule has 5 heteroatoms. The van der Waals surface area contributed by atoms with Crippen molar-refractivity contribution in [2.24, 2.45) is 0 Å². The zero-order chi connectivity index (χ0) is 17.3. The summed E-state index contributed by atoms with van der Waals surface area (Å²) in [5.74, 6) is 0.633. The van der Waals surface area contributed by atoms with Gasteiger partial charge in [-0.2, -0.15) is 0 Å². The molecule has 3 nitrogen and oxygen atoms in total. The average molecular weight is 355 g/mol. The second-order valence-electron chi connectivity index (χ2n) is 5.53. The van der Waals surface area contributed by atoms with E-state index < -0.39 is 0 Å². The molecule has 0 radical (unpaired) electrons. The molecule has 1 aliphatic rings. The van der Waals surface area contributed by atoms with E-state index in [1.165, 1.54) is 17.3 Å². The molecule has 3 rings (SSSR count). The Morgan fingerprint density at radius 2 is 1.88 bits per heavy atom. The van der Waals surface area contributed by atoms with Crippen LogP contribution in [0.3, 0.4) is 0 Å². The summed E-state index contributed by atoms with van der Waals surface area (Å²) < 4.78 is 5.89. The van der Waals surface area contributed by atoms with Gasteiger partial charge in [-0.25, -0.2) is 0 Å². The molecule has 24 heavy (non-hydrogen) atoms. The van der Waals surface area contributed by atoms with Crippen molar-refractivity contribution in [3.63, 3.8) is 0 Å². The number of thiocarbonyl (C=S) groups is 1. The third-order valence-electron chi connectivity index (χ3n) is 3.97. The number of carbonyl (C=O) groups excluding carboxylic acids is 1. The van der Waals surface area contributed by atoms with E-state index in [2.05, 4.69) is 0 Å². The van der Waals surface area contributed by atoms with Gasteiger partial charge in [-0.1, -0.05) is 48.2 Å². The summed E-state index contributed by atoms with van der Waals surface area (Å²) in [6.45, 7) is 4.08. The van der Waals surface area contributed by atoms with Crippen molar-refractivity contribution in [3.8, 4) is 5.75 Å². The van der Waals surface area contributed by atoms with E-state index in [4.69, 9.17) is 17.0 Å². The molecule has 0 aromatic heterocycles. The molecule has 1 aliphatic heterocycles. The Labute approximate surface area is 151 Å². The Morgan fingerprint density at radius 3 is 2.58 bits per heavy atom. The summed E-state index contributed by atoms with van der Waals surface area (Å²) in [7, 11) is 1.62. The van der Waals surface area contributed by atoms with Crippen molar-refractivity contribution >= 4 is 46.0 Å². The number of para-hydroxylation sites is 1. The van der Waals surface area contributed by atoms with Crippen LogP contribution in [0, 0.1) is 13.8 Å². The molecule has 0 spiro atoms. The number of hydrogen-bond acceptors (Lipinski definition) is 4. The number of anilines is 1. The van der Waals surface area contributed by atoms with Gasteiger partial charge in [-0.3, -0.25) is 9.69 Å². The first-order valence-electron chi connectivity index (χ1n) is 7.49. The van der Waals surface area contributed by atoms with Gasteiger partial charge in [-0.15, -0.1) is 0 Å². The standard InChI is InChI=1S/C19H17NO2S2/c1-12-8-9-15(10-13(12)2)20-18(21)17(24-19(20)23)11-14-6-4-5-7-16(14)22-3/h4-11H,1-3H3/b17-11+. The Balaban J connectivity index is 1.97. The van der Waals surface area contributed by atoms with E-state index in [0.717, 1.165) is 22.6 Å². The molecule has 1 amide bonds. The average Bonchev–Trinajstić information content (AvgIpc) is 2.85. The zero-order valence-corrected chi connectivity index (χ0v) is 15.3. The Hall–Kier alpha value is -2.11. The lowest BCUT2D eigenvalue weighted by atomic mass is 10.1. The van der Waals surface area contributed by atoms with Crippen LogP contribution in [0.25, 0.3) is 6.08 Å². The summed E-state index contributed by atoms with van der Waals surface area (Å²) in [5, 5.41) is 0. The topological polar surface area (TPSA) is 29.5 Å². The Morgan fingerprint density at radius 1 is 1.12 bits per heavy atom. The number of nitrogens with zero attached hydrogens (tertiary/aromatic N) is 1. The van der Waals surface area contributed by atoms with E-state index >= 15 is 0 Å². The third-order valence-corrected chi connectivity index (χ3v) is 5.27. The van der Waals surface area contributed by atoms with Crippen LogP contribution in [-0.4, -0.2) is 17.3 Å². The summed E-state index contributed by atoms with van der Waals surface area (Å²) in [5.41, 5.74) is 3.99. The Bertz CT molecular complexity index is 858. The van der Waals surface area contributed by atoms with Crippen molar-refractivity contribution in [3.05, 3.63) is 64.1 Å². The van der Waals surface area contributed by atoms with E-state index in [1.54, 1.807) is 12.0 Å². The monoisotopic (exact) mass is 355 g/mol. The molecular formula is C19H17NO2S2. The maximum atomic E-state index is 12.8. The highest BCUT2D eigenvalue weighted by atomic mass is 32.2. The van der Waals surface area contributed by atoms with Gasteiger partial charge in [0.25, 0.3) is 5.91 Å². The lowest BCUT2D eigenvalue weighted by Crippen LogP contribution is -2.27. The normalized spacial score (nSPS) is 16.1. The van der Waals surface area contributed by atoms with E-state index in [-0.39, 0.29) is 5.91 Å². The molecule has 0 unspecified atom stereocenters. The molecule has 122 valence electrons. The molecule has 0 N–H and O–H groups in total. The highest BCUT2D eigenvalue weighted by Crippen LogP contribution is 2.37. The fraction of sp³-hybridized carbons (Fsp3) is 0.158. The maximum absolute atomic E-state index is 12.8. The molecule has 2 aromatic rings. The quantitative estimate of drug-likeness (QED) is 0.589. The van der Waals surface area contributed by atoms with E-state index in [0.29, 0.717) is 9.23 Å². The second kappa shape index (κ2) is 6.79. The smallest absolute Gasteiger partial charge is 0.270 e. The van der Waals surface area contributed by atoms with E-state index in [1.807, 2.05) is 62.4 Å². The highest BCUT2D eigenvalue weighted by Gasteiger charge is 2.33. The summed E-state index contributed by atoms with van der Waals surface area (Å²) in [6, 6.07) is 13.5. The predicted molar refractivity (Wildman–Crippen MR) is 105 cm³/mol. The lowest BCUT2D eigenvalue weighted by molar-refractivity contribution is -0.113. The SMILES string of the molecule is COc1ccccc1/C=C1/SC(=S)N(c2ccc(C)c(C)c2)C1=O. The van der Waals surface area contributed by atoms with Crippen LogP contribution in [0.4, 0.5) is 5.69 Å². The van der Waals surface area contributed by atoms with Gasteiger partial charge in [0.2, 0.25) is 0 Å². The number of ether oxygens (including phenoxy) is 1. The van der Waals surface area contributed by atoms with Crippen LogP contribution in [0.15, 0.2) is 47.4 Å². The minimum atomic E-state index is -0.0980. The molecule has 0 aliphatic carbocycles. The van der Waals surface area contributed by atoms with Gasteiger partial charge in [0.15, 0.2) is 4.32 Å². The first-order chi connectivity index (χ1) is 11.5. The van der Waals surface area contributed by atoms with Crippen LogP contribution in [0.5, 0.6) is 5.75 Å².